The summed E-state index contributed by atoms with van der Waals surface area (Å²) in [6.07, 6.45) is 1.85. The van der Waals surface area contributed by atoms with Gasteiger partial charge in [-0.2, -0.15) is 0 Å². The fraction of sp³-hybridized carbons (Fsp3) is 0.389. The van der Waals surface area contributed by atoms with E-state index in [-0.39, 0.29) is 5.41 Å². The third kappa shape index (κ3) is 3.85. The summed E-state index contributed by atoms with van der Waals surface area (Å²) in [4.78, 5) is 4.44. The molecule has 2 rings (SSSR count). The molecule has 2 nitrogen and oxygen atoms in total. The zero-order chi connectivity index (χ0) is 15.6. The summed E-state index contributed by atoms with van der Waals surface area (Å²) in [6.45, 7) is 10.7. The first kappa shape index (κ1) is 16.0. The number of nitrogens with zero attached hydrogens (tertiary/aromatic N) is 1. The minimum atomic E-state index is 0.0328. The number of aryl methyl sites for hydroxylation is 2. The predicted octanol–water partition coefficient (Wildman–Crippen LogP) is 5.68. The molecule has 1 heterocycles. The van der Waals surface area contributed by atoms with Gasteiger partial charge >= 0.3 is 0 Å². The molecule has 0 bridgehead atoms. The Bertz CT molecular complexity index is 644. The van der Waals surface area contributed by atoms with Crippen molar-refractivity contribution in [3.63, 3.8) is 0 Å². The molecule has 0 saturated carbocycles. The molecule has 0 saturated heterocycles. The van der Waals surface area contributed by atoms with Crippen molar-refractivity contribution in [1.82, 2.24) is 4.98 Å². The van der Waals surface area contributed by atoms with Gasteiger partial charge in [-0.3, -0.25) is 0 Å². The largest absolute Gasteiger partial charge is 0.438 e. The van der Waals surface area contributed by atoms with E-state index in [1.807, 2.05) is 19.2 Å². The smallest absolute Gasteiger partial charge is 0.222 e. The van der Waals surface area contributed by atoms with Crippen molar-refractivity contribution in [2.75, 3.05) is 0 Å². The fourth-order valence-electron chi connectivity index (χ4n) is 2.22. The highest BCUT2D eigenvalue weighted by Crippen LogP contribution is 2.35. The third-order valence-electron chi connectivity index (χ3n) is 3.39. The number of pyridine rings is 1. The SMILES string of the molecule is Cc1ccc(Oc2ncc(CBr)cc2C)c(C(C)(C)C)c1. The van der Waals surface area contributed by atoms with Gasteiger partial charge < -0.3 is 4.74 Å². The molecule has 0 aliphatic heterocycles. The number of rotatable bonds is 3. The molecule has 1 aromatic carbocycles. The van der Waals surface area contributed by atoms with Crippen LogP contribution in [-0.2, 0) is 10.7 Å². The van der Waals surface area contributed by atoms with E-state index >= 15 is 0 Å². The molecule has 1 aromatic heterocycles. The second kappa shape index (κ2) is 6.18. The van der Waals surface area contributed by atoms with Crippen LogP contribution in [0.3, 0.4) is 0 Å². The molecule has 0 unspecified atom stereocenters. The molecule has 0 atom stereocenters. The van der Waals surface area contributed by atoms with E-state index in [0.29, 0.717) is 5.88 Å². The van der Waals surface area contributed by atoms with E-state index in [1.165, 1.54) is 11.1 Å². The summed E-state index contributed by atoms with van der Waals surface area (Å²) in [5.74, 6) is 1.56. The van der Waals surface area contributed by atoms with Crippen molar-refractivity contribution in [3.05, 3.63) is 52.7 Å². The van der Waals surface area contributed by atoms with E-state index in [9.17, 15) is 0 Å². The monoisotopic (exact) mass is 347 g/mol. The van der Waals surface area contributed by atoms with Crippen molar-refractivity contribution in [2.24, 2.45) is 0 Å². The molecular weight excluding hydrogens is 326 g/mol. The quantitative estimate of drug-likeness (QED) is 0.666. The van der Waals surface area contributed by atoms with Crippen LogP contribution in [0, 0.1) is 13.8 Å². The summed E-state index contributed by atoms with van der Waals surface area (Å²) in [6, 6.07) is 8.40. The number of hydrogen-bond donors (Lipinski definition) is 0. The van der Waals surface area contributed by atoms with Crippen molar-refractivity contribution in [3.8, 4) is 11.6 Å². The summed E-state index contributed by atoms with van der Waals surface area (Å²) in [5, 5.41) is 0.804. The highest BCUT2D eigenvalue weighted by atomic mass is 79.9. The summed E-state index contributed by atoms with van der Waals surface area (Å²) >= 11 is 3.45. The Balaban J connectivity index is 2.40. The molecule has 0 amide bonds. The zero-order valence-corrected chi connectivity index (χ0v) is 14.9. The minimum Gasteiger partial charge on any atom is -0.438 e. The van der Waals surface area contributed by atoms with Crippen LogP contribution in [-0.4, -0.2) is 4.98 Å². The van der Waals surface area contributed by atoms with Crippen LogP contribution >= 0.6 is 15.9 Å². The molecule has 3 heteroatoms. The van der Waals surface area contributed by atoms with Crippen LogP contribution in [0.25, 0.3) is 0 Å². The molecule has 0 spiro atoms. The predicted molar refractivity (Wildman–Crippen MR) is 91.6 cm³/mol. The Morgan fingerprint density at radius 1 is 1.14 bits per heavy atom. The van der Waals surface area contributed by atoms with Crippen molar-refractivity contribution in [1.29, 1.82) is 0 Å². The lowest BCUT2D eigenvalue weighted by atomic mass is 9.85. The molecule has 0 fully saturated rings. The van der Waals surface area contributed by atoms with Crippen LogP contribution < -0.4 is 4.74 Å². The molecule has 2 aromatic rings. The standard InChI is InChI=1S/C18H22BrNO/c1-12-6-7-16(15(8-12)18(3,4)5)21-17-13(2)9-14(10-19)11-20-17/h6-9,11H,10H2,1-5H3. The van der Waals surface area contributed by atoms with Gasteiger partial charge in [-0.05, 0) is 37.0 Å². The van der Waals surface area contributed by atoms with Gasteiger partial charge in [-0.1, -0.05) is 54.4 Å². The number of aromatic nitrogens is 1. The Hall–Kier alpha value is -1.35. The van der Waals surface area contributed by atoms with E-state index in [2.05, 4.69) is 66.8 Å². The van der Waals surface area contributed by atoms with Gasteiger partial charge in [0.25, 0.3) is 0 Å². The fourth-order valence-corrected chi connectivity index (χ4v) is 2.53. The number of ether oxygens (including phenoxy) is 1. The van der Waals surface area contributed by atoms with Crippen molar-refractivity contribution >= 4 is 15.9 Å². The molecule has 112 valence electrons. The number of halogens is 1. The van der Waals surface area contributed by atoms with E-state index in [0.717, 1.165) is 22.2 Å². The lowest BCUT2D eigenvalue weighted by Gasteiger charge is -2.23. The summed E-state index contributed by atoms with van der Waals surface area (Å²) < 4.78 is 6.09. The van der Waals surface area contributed by atoms with Crippen LogP contribution in [0.5, 0.6) is 11.6 Å². The van der Waals surface area contributed by atoms with Gasteiger partial charge in [0, 0.05) is 22.7 Å². The molecule has 0 aliphatic carbocycles. The Labute approximate surface area is 135 Å². The first-order valence-electron chi connectivity index (χ1n) is 7.11. The average molecular weight is 348 g/mol. The third-order valence-corrected chi connectivity index (χ3v) is 4.04. The lowest BCUT2D eigenvalue weighted by Crippen LogP contribution is -2.13. The second-order valence-corrected chi connectivity index (χ2v) is 7.01. The zero-order valence-electron chi connectivity index (χ0n) is 13.3. The Morgan fingerprint density at radius 3 is 2.43 bits per heavy atom. The summed E-state index contributed by atoms with van der Waals surface area (Å²) in [5.41, 5.74) is 4.68. The highest BCUT2D eigenvalue weighted by Gasteiger charge is 2.20. The average Bonchev–Trinajstić information content (AvgIpc) is 2.41. The minimum absolute atomic E-state index is 0.0328. The highest BCUT2D eigenvalue weighted by molar-refractivity contribution is 9.08. The molecular formula is C18H22BrNO. The van der Waals surface area contributed by atoms with Gasteiger partial charge in [0.05, 0.1) is 0 Å². The van der Waals surface area contributed by atoms with Gasteiger partial charge in [-0.15, -0.1) is 0 Å². The Kier molecular flexibility index (Phi) is 4.72. The first-order valence-corrected chi connectivity index (χ1v) is 8.24. The maximum atomic E-state index is 6.09. The number of benzene rings is 1. The normalized spacial score (nSPS) is 11.5. The van der Waals surface area contributed by atoms with E-state index in [1.54, 1.807) is 0 Å². The van der Waals surface area contributed by atoms with Crippen LogP contribution in [0.15, 0.2) is 30.5 Å². The maximum absolute atomic E-state index is 6.09. The maximum Gasteiger partial charge on any atom is 0.222 e. The van der Waals surface area contributed by atoms with E-state index < -0.39 is 0 Å². The molecule has 0 N–H and O–H groups in total. The van der Waals surface area contributed by atoms with Gasteiger partial charge in [0.1, 0.15) is 5.75 Å². The van der Waals surface area contributed by atoms with Crippen molar-refractivity contribution < 1.29 is 4.74 Å². The molecule has 0 radical (unpaired) electrons. The van der Waals surface area contributed by atoms with Gasteiger partial charge in [-0.25, -0.2) is 4.98 Å². The van der Waals surface area contributed by atoms with Crippen molar-refractivity contribution in [2.45, 2.75) is 45.4 Å². The topological polar surface area (TPSA) is 22.1 Å². The van der Waals surface area contributed by atoms with Crippen LogP contribution in [0.4, 0.5) is 0 Å². The lowest BCUT2D eigenvalue weighted by molar-refractivity contribution is 0.436. The number of hydrogen-bond acceptors (Lipinski definition) is 2. The van der Waals surface area contributed by atoms with Crippen LogP contribution in [0.1, 0.15) is 43.0 Å². The van der Waals surface area contributed by atoms with Crippen LogP contribution in [0.2, 0.25) is 0 Å². The molecule has 0 aliphatic rings. The van der Waals surface area contributed by atoms with Gasteiger partial charge in [0.15, 0.2) is 0 Å². The Morgan fingerprint density at radius 2 is 1.86 bits per heavy atom. The molecule has 21 heavy (non-hydrogen) atoms. The number of alkyl halides is 1. The second-order valence-electron chi connectivity index (χ2n) is 6.45. The van der Waals surface area contributed by atoms with Gasteiger partial charge in [0.2, 0.25) is 5.88 Å². The summed E-state index contributed by atoms with van der Waals surface area (Å²) in [7, 11) is 0. The van der Waals surface area contributed by atoms with E-state index in [4.69, 9.17) is 4.74 Å². The first-order chi connectivity index (χ1) is 9.81.